The third-order valence-corrected chi connectivity index (χ3v) is 8.12. The Balaban J connectivity index is 2.30. The van der Waals surface area contributed by atoms with Crippen LogP contribution in [0.5, 0.6) is 0 Å². The van der Waals surface area contributed by atoms with Gasteiger partial charge in [0.15, 0.2) is 0 Å². The van der Waals surface area contributed by atoms with Gasteiger partial charge in [-0.25, -0.2) is 0 Å². The van der Waals surface area contributed by atoms with E-state index in [9.17, 15) is 26.4 Å². The first-order chi connectivity index (χ1) is 13.3. The Morgan fingerprint density at radius 1 is 1.17 bits per heavy atom. The molecule has 29 heavy (non-hydrogen) atoms. The maximum atomic E-state index is 12.7. The molecule has 0 amide bonds. The van der Waals surface area contributed by atoms with Gasteiger partial charge in [-0.3, -0.25) is 9.35 Å². The van der Waals surface area contributed by atoms with E-state index >= 15 is 0 Å². The van der Waals surface area contributed by atoms with Crippen LogP contribution in [0.25, 0.3) is 0 Å². The Hall–Kier alpha value is 0.540. The molecule has 2 N–H and O–H groups in total. The molecule has 1 aromatic rings. The smallest absolute Gasteiger partial charge is 0.426 e. The van der Waals surface area contributed by atoms with Gasteiger partial charge in [-0.05, 0) is 105 Å². The first-order valence-corrected chi connectivity index (χ1v) is 13.2. The van der Waals surface area contributed by atoms with Crippen molar-refractivity contribution < 1.29 is 35.7 Å². The van der Waals surface area contributed by atoms with Crippen molar-refractivity contribution in [2.75, 3.05) is 12.3 Å². The minimum Gasteiger partial charge on any atom is -0.451 e. The molecular formula is C16H19F3I3NO5S. The van der Waals surface area contributed by atoms with Gasteiger partial charge in [0.1, 0.15) is 5.75 Å². The number of unbranched alkanes of at least 4 members (excludes halogenated alkanes) is 2. The van der Waals surface area contributed by atoms with Gasteiger partial charge in [0.05, 0.1) is 0 Å². The number of hydrogen-bond donors (Lipinski definition) is 2. The maximum absolute atomic E-state index is 12.7. The van der Waals surface area contributed by atoms with Gasteiger partial charge in [-0.1, -0.05) is 6.42 Å². The Morgan fingerprint density at radius 3 is 2.41 bits per heavy atom. The molecule has 0 spiro atoms. The highest BCUT2D eigenvalue weighted by Gasteiger charge is 2.45. The summed E-state index contributed by atoms with van der Waals surface area (Å²) >= 11 is 6.83. The van der Waals surface area contributed by atoms with Gasteiger partial charge in [0, 0.05) is 23.7 Å². The second-order valence-electron chi connectivity index (χ2n) is 6.12. The van der Waals surface area contributed by atoms with Gasteiger partial charge in [0.2, 0.25) is 6.10 Å². The number of halogens is 6. The fraction of sp³-hybridized carbons (Fsp3) is 0.562. The van der Waals surface area contributed by atoms with E-state index < -0.39 is 34.1 Å². The van der Waals surface area contributed by atoms with E-state index in [1.165, 1.54) is 12.7 Å². The van der Waals surface area contributed by atoms with E-state index in [0.717, 1.165) is 9.99 Å². The predicted molar refractivity (Wildman–Crippen MR) is 127 cm³/mol. The Labute approximate surface area is 208 Å². The number of ether oxygens (including phenoxy) is 1. The van der Waals surface area contributed by atoms with Crippen LogP contribution in [-0.4, -0.2) is 43.5 Å². The van der Waals surface area contributed by atoms with Gasteiger partial charge in [-0.2, -0.15) is 21.6 Å². The molecule has 0 aliphatic carbocycles. The highest BCUT2D eigenvalue weighted by molar-refractivity contribution is 14.1. The van der Waals surface area contributed by atoms with E-state index in [4.69, 9.17) is 4.55 Å². The van der Waals surface area contributed by atoms with Crippen LogP contribution in [0.15, 0.2) is 12.1 Å². The number of nitrogens with one attached hydrogen (secondary N) is 1. The SMILES string of the molecule is O=C(CCCCCNCc1cc(I)cc(I)c1I)OC(CS(=O)(=O)O)C(F)(F)F. The molecule has 0 bridgehead atoms. The summed E-state index contributed by atoms with van der Waals surface area (Å²) in [6.07, 6.45) is -6.57. The van der Waals surface area contributed by atoms with Crippen molar-refractivity contribution in [2.24, 2.45) is 0 Å². The van der Waals surface area contributed by atoms with Crippen molar-refractivity contribution in [1.82, 2.24) is 5.32 Å². The quantitative estimate of drug-likeness (QED) is 0.113. The van der Waals surface area contributed by atoms with Crippen molar-refractivity contribution >= 4 is 83.9 Å². The van der Waals surface area contributed by atoms with Crippen LogP contribution < -0.4 is 5.32 Å². The summed E-state index contributed by atoms with van der Waals surface area (Å²) in [5.41, 5.74) is 1.18. The summed E-state index contributed by atoms with van der Waals surface area (Å²) in [6, 6.07) is 4.18. The van der Waals surface area contributed by atoms with Crippen molar-refractivity contribution in [1.29, 1.82) is 0 Å². The molecule has 0 aliphatic rings. The monoisotopic (exact) mass is 775 g/mol. The summed E-state index contributed by atoms with van der Waals surface area (Å²) < 4.78 is 75.6. The average molecular weight is 775 g/mol. The first-order valence-electron chi connectivity index (χ1n) is 8.35. The van der Waals surface area contributed by atoms with Crippen LogP contribution in [0.2, 0.25) is 0 Å². The minimum absolute atomic E-state index is 0.259. The fourth-order valence-electron chi connectivity index (χ4n) is 2.26. The zero-order valence-corrected chi connectivity index (χ0v) is 22.2. The van der Waals surface area contributed by atoms with Crippen molar-refractivity contribution in [2.45, 2.75) is 44.5 Å². The van der Waals surface area contributed by atoms with Gasteiger partial charge in [-0.15, -0.1) is 0 Å². The summed E-state index contributed by atoms with van der Waals surface area (Å²) in [6.45, 7) is 1.37. The molecule has 0 fully saturated rings. The van der Waals surface area contributed by atoms with Crippen LogP contribution >= 0.6 is 67.8 Å². The van der Waals surface area contributed by atoms with Crippen LogP contribution in [0.4, 0.5) is 13.2 Å². The predicted octanol–water partition coefficient (Wildman–Crippen LogP) is 4.51. The van der Waals surface area contributed by atoms with Gasteiger partial charge < -0.3 is 10.1 Å². The lowest BCUT2D eigenvalue weighted by Gasteiger charge is -2.19. The standard InChI is InChI=1S/C16H19F3I3NO5S/c17-16(18,19)13(9-29(25,26)27)28-14(24)4-2-1-3-5-23-8-10-6-11(20)7-12(21)15(10)22/h6-7,13,23H,1-5,8-9H2,(H,25,26,27). The summed E-state index contributed by atoms with van der Waals surface area (Å²) in [4.78, 5) is 11.5. The van der Waals surface area contributed by atoms with E-state index in [2.05, 4.69) is 90.0 Å². The van der Waals surface area contributed by atoms with Crippen LogP contribution in [-0.2, 0) is 26.2 Å². The van der Waals surface area contributed by atoms with Crippen LogP contribution in [0, 0.1) is 10.7 Å². The van der Waals surface area contributed by atoms with Gasteiger partial charge in [0.25, 0.3) is 10.1 Å². The zero-order valence-electron chi connectivity index (χ0n) is 14.9. The number of carbonyl (C=O) groups is 1. The zero-order chi connectivity index (χ0) is 22.2. The number of alkyl halides is 3. The minimum atomic E-state index is -5.07. The molecule has 0 saturated heterocycles. The normalized spacial score (nSPS) is 13.3. The molecule has 1 rings (SSSR count). The molecule has 0 radical (unpaired) electrons. The third-order valence-electron chi connectivity index (χ3n) is 3.62. The van der Waals surface area contributed by atoms with Crippen LogP contribution in [0.1, 0.15) is 31.2 Å². The summed E-state index contributed by atoms with van der Waals surface area (Å²) in [5.74, 6) is -2.85. The summed E-state index contributed by atoms with van der Waals surface area (Å²) in [7, 11) is -4.93. The fourth-order valence-corrected chi connectivity index (χ4v) is 5.37. The molecule has 6 nitrogen and oxygen atoms in total. The lowest BCUT2D eigenvalue weighted by atomic mass is 10.2. The van der Waals surface area contributed by atoms with Crippen molar-refractivity contribution in [3.63, 3.8) is 0 Å². The van der Waals surface area contributed by atoms with E-state index in [0.29, 0.717) is 25.9 Å². The molecule has 0 aromatic heterocycles. The molecule has 1 unspecified atom stereocenters. The molecule has 1 atom stereocenters. The first kappa shape index (κ1) is 27.6. The molecule has 0 saturated carbocycles. The molecule has 1 aromatic carbocycles. The highest BCUT2D eigenvalue weighted by atomic mass is 127. The van der Waals surface area contributed by atoms with Gasteiger partial charge >= 0.3 is 12.1 Å². The Bertz CT molecular complexity index is 806. The molecule has 166 valence electrons. The summed E-state index contributed by atoms with van der Waals surface area (Å²) in [5, 5.41) is 3.29. The van der Waals surface area contributed by atoms with Crippen molar-refractivity contribution in [3.8, 4) is 0 Å². The number of rotatable bonds is 11. The Morgan fingerprint density at radius 2 is 1.83 bits per heavy atom. The molecular weight excluding hydrogens is 756 g/mol. The maximum Gasteiger partial charge on any atom is 0.426 e. The largest absolute Gasteiger partial charge is 0.451 e. The second-order valence-corrected chi connectivity index (χ2v) is 11.1. The van der Waals surface area contributed by atoms with E-state index in [1.807, 2.05) is 0 Å². The highest BCUT2D eigenvalue weighted by Crippen LogP contribution is 2.25. The Kier molecular flexibility index (Phi) is 11.9. The van der Waals surface area contributed by atoms with Crippen LogP contribution in [0.3, 0.4) is 0 Å². The number of esters is 1. The lowest BCUT2D eigenvalue weighted by molar-refractivity contribution is -0.215. The average Bonchev–Trinajstić information content (AvgIpc) is 2.55. The van der Waals surface area contributed by atoms with Crippen molar-refractivity contribution in [3.05, 3.63) is 28.4 Å². The molecule has 0 aliphatic heterocycles. The molecule has 13 heteroatoms. The topological polar surface area (TPSA) is 92.7 Å². The molecule has 0 heterocycles. The second kappa shape index (κ2) is 12.5. The number of carbonyl (C=O) groups excluding carboxylic acids is 1. The number of benzene rings is 1. The number of hydrogen-bond acceptors (Lipinski definition) is 5. The third kappa shape index (κ3) is 11.6. The van der Waals surface area contributed by atoms with E-state index in [-0.39, 0.29) is 6.42 Å². The lowest BCUT2D eigenvalue weighted by Crippen LogP contribution is -2.39. The van der Waals surface area contributed by atoms with E-state index in [1.54, 1.807) is 0 Å².